The van der Waals surface area contributed by atoms with Gasteiger partial charge in [-0.05, 0) is 18.9 Å². The second kappa shape index (κ2) is 5.57. The Kier molecular flexibility index (Phi) is 4.07. The van der Waals surface area contributed by atoms with Crippen molar-refractivity contribution in [3.63, 3.8) is 0 Å². The van der Waals surface area contributed by atoms with Gasteiger partial charge in [-0.1, -0.05) is 48.0 Å². The highest BCUT2D eigenvalue weighted by atomic mass is 79.9. The van der Waals surface area contributed by atoms with E-state index in [2.05, 4.69) is 34.9 Å². The molecule has 96 valence electrons. The summed E-state index contributed by atoms with van der Waals surface area (Å²) in [6.45, 7) is 4.34. The predicted molar refractivity (Wildman–Crippen MR) is 79.4 cm³/mol. The van der Waals surface area contributed by atoms with E-state index in [9.17, 15) is 0 Å². The zero-order valence-corrected chi connectivity index (χ0v) is 12.3. The number of nitrogens with zero attached hydrogens (tertiary/aromatic N) is 2. The zero-order valence-electron chi connectivity index (χ0n) is 10.7. The van der Waals surface area contributed by atoms with Gasteiger partial charge < -0.3 is 5.73 Å². The Morgan fingerprint density at radius 3 is 2.56 bits per heavy atom. The maximum atomic E-state index is 6.09. The van der Waals surface area contributed by atoms with Crippen LogP contribution in [-0.2, 0) is 0 Å². The smallest absolute Gasteiger partial charge is 0.116 e. The quantitative estimate of drug-likeness (QED) is 0.917. The van der Waals surface area contributed by atoms with Crippen molar-refractivity contribution in [1.29, 1.82) is 0 Å². The molecule has 0 spiro atoms. The number of benzene rings is 1. The molecule has 1 heterocycles. The fourth-order valence-electron chi connectivity index (χ4n) is 2.12. The lowest BCUT2D eigenvalue weighted by Crippen LogP contribution is -2.07. The summed E-state index contributed by atoms with van der Waals surface area (Å²) in [6.07, 6.45) is 4.06. The molecule has 4 heteroatoms. The molecular formula is C14H18BrN3. The fourth-order valence-corrected chi connectivity index (χ4v) is 2.59. The summed E-state index contributed by atoms with van der Waals surface area (Å²) in [4.78, 5) is 0. The number of hydrogen-bond donors (Lipinski definition) is 1. The van der Waals surface area contributed by atoms with E-state index >= 15 is 0 Å². The zero-order chi connectivity index (χ0) is 13.1. The lowest BCUT2D eigenvalue weighted by Gasteiger charge is -2.12. The molecule has 1 aromatic heterocycles. The predicted octanol–water partition coefficient (Wildman–Crippen LogP) is 4.26. The van der Waals surface area contributed by atoms with Crippen LogP contribution in [-0.4, -0.2) is 9.78 Å². The van der Waals surface area contributed by atoms with Crippen LogP contribution in [0.25, 0.3) is 11.3 Å². The molecule has 0 unspecified atom stereocenters. The summed E-state index contributed by atoms with van der Waals surface area (Å²) in [5, 5.41) is 4.64. The van der Waals surface area contributed by atoms with E-state index in [0.717, 1.165) is 34.3 Å². The minimum atomic E-state index is 0.420. The first-order chi connectivity index (χ1) is 8.67. The van der Waals surface area contributed by atoms with E-state index in [1.165, 1.54) is 0 Å². The maximum absolute atomic E-state index is 6.09. The molecule has 0 saturated heterocycles. The number of halogens is 1. The molecule has 0 aliphatic rings. The second-order valence-electron chi connectivity index (χ2n) is 4.36. The van der Waals surface area contributed by atoms with Crippen LogP contribution in [0.5, 0.6) is 0 Å². The minimum absolute atomic E-state index is 0.420. The molecule has 0 amide bonds. The molecule has 2 N–H and O–H groups in total. The van der Waals surface area contributed by atoms with Gasteiger partial charge in [-0.15, -0.1) is 0 Å². The molecule has 0 saturated carbocycles. The molecule has 2 rings (SSSR count). The first-order valence-corrected chi connectivity index (χ1v) is 7.06. The third-order valence-electron chi connectivity index (χ3n) is 3.21. The van der Waals surface area contributed by atoms with Gasteiger partial charge in [0.05, 0.1) is 11.7 Å². The summed E-state index contributed by atoms with van der Waals surface area (Å²) >= 11 is 3.54. The number of nitrogens with two attached hydrogens (primary N) is 1. The highest BCUT2D eigenvalue weighted by molar-refractivity contribution is 9.10. The standard InChI is InChI=1S/C14H18BrN3/c1-3-10(4-2)18-9-13(16)14(17-18)11-7-5-6-8-12(11)15/h5-10H,3-4,16H2,1-2H3. The fraction of sp³-hybridized carbons (Fsp3) is 0.357. The summed E-state index contributed by atoms with van der Waals surface area (Å²) in [7, 11) is 0. The molecule has 0 aliphatic carbocycles. The molecule has 0 atom stereocenters. The first-order valence-electron chi connectivity index (χ1n) is 6.26. The molecule has 0 bridgehead atoms. The van der Waals surface area contributed by atoms with Gasteiger partial charge in [0.25, 0.3) is 0 Å². The largest absolute Gasteiger partial charge is 0.396 e. The third kappa shape index (κ3) is 2.43. The van der Waals surface area contributed by atoms with Crippen molar-refractivity contribution in [3.05, 3.63) is 34.9 Å². The van der Waals surface area contributed by atoms with E-state index in [0.29, 0.717) is 6.04 Å². The lowest BCUT2D eigenvalue weighted by atomic mass is 10.1. The van der Waals surface area contributed by atoms with E-state index in [1.54, 1.807) is 0 Å². The molecule has 0 radical (unpaired) electrons. The number of rotatable bonds is 4. The monoisotopic (exact) mass is 307 g/mol. The van der Waals surface area contributed by atoms with Gasteiger partial charge in [0.1, 0.15) is 5.69 Å². The molecule has 2 aromatic rings. The van der Waals surface area contributed by atoms with Gasteiger partial charge in [-0.25, -0.2) is 0 Å². The van der Waals surface area contributed by atoms with Gasteiger partial charge in [-0.2, -0.15) is 5.10 Å². The molecule has 3 nitrogen and oxygen atoms in total. The molecule has 0 aliphatic heterocycles. The molecule has 18 heavy (non-hydrogen) atoms. The topological polar surface area (TPSA) is 43.8 Å². The SMILES string of the molecule is CCC(CC)n1cc(N)c(-c2ccccc2Br)n1. The number of hydrogen-bond acceptors (Lipinski definition) is 2. The summed E-state index contributed by atoms with van der Waals surface area (Å²) < 4.78 is 3.01. The van der Waals surface area contributed by atoms with Crippen LogP contribution in [0.3, 0.4) is 0 Å². The summed E-state index contributed by atoms with van der Waals surface area (Å²) in [5.74, 6) is 0. The Labute approximate surface area is 116 Å². The first kappa shape index (κ1) is 13.1. The van der Waals surface area contributed by atoms with Crippen molar-refractivity contribution in [3.8, 4) is 11.3 Å². The van der Waals surface area contributed by atoms with Gasteiger partial charge in [0.2, 0.25) is 0 Å². The average Bonchev–Trinajstić information content (AvgIpc) is 2.73. The van der Waals surface area contributed by atoms with Crippen LogP contribution in [0.1, 0.15) is 32.7 Å². The molecular weight excluding hydrogens is 290 g/mol. The Bertz CT molecular complexity index is 530. The van der Waals surface area contributed by atoms with Crippen molar-refractivity contribution in [2.45, 2.75) is 32.7 Å². The minimum Gasteiger partial charge on any atom is -0.396 e. The van der Waals surface area contributed by atoms with Crippen molar-refractivity contribution >= 4 is 21.6 Å². The van der Waals surface area contributed by atoms with Gasteiger partial charge in [0.15, 0.2) is 0 Å². The summed E-state index contributed by atoms with van der Waals surface area (Å²) in [5.41, 5.74) is 8.71. The number of nitrogen functional groups attached to an aromatic ring is 1. The molecule has 0 fully saturated rings. The van der Waals surface area contributed by atoms with Crippen molar-refractivity contribution < 1.29 is 0 Å². The van der Waals surface area contributed by atoms with E-state index in [1.807, 2.05) is 35.1 Å². The highest BCUT2D eigenvalue weighted by Crippen LogP contribution is 2.32. The van der Waals surface area contributed by atoms with Crippen LogP contribution >= 0.6 is 15.9 Å². The van der Waals surface area contributed by atoms with E-state index in [4.69, 9.17) is 5.73 Å². The average molecular weight is 308 g/mol. The highest BCUT2D eigenvalue weighted by Gasteiger charge is 2.14. The normalized spacial score (nSPS) is 11.1. The Morgan fingerprint density at radius 2 is 1.94 bits per heavy atom. The number of anilines is 1. The second-order valence-corrected chi connectivity index (χ2v) is 5.22. The van der Waals surface area contributed by atoms with Gasteiger partial charge in [0, 0.05) is 16.2 Å². The van der Waals surface area contributed by atoms with Crippen LogP contribution in [0, 0.1) is 0 Å². The van der Waals surface area contributed by atoms with Crippen LogP contribution in [0.15, 0.2) is 34.9 Å². The van der Waals surface area contributed by atoms with E-state index in [-0.39, 0.29) is 0 Å². The third-order valence-corrected chi connectivity index (χ3v) is 3.90. The van der Waals surface area contributed by atoms with Crippen molar-refractivity contribution in [2.75, 3.05) is 5.73 Å². The van der Waals surface area contributed by atoms with Gasteiger partial charge >= 0.3 is 0 Å². The maximum Gasteiger partial charge on any atom is 0.116 e. The van der Waals surface area contributed by atoms with Crippen LogP contribution < -0.4 is 5.73 Å². The van der Waals surface area contributed by atoms with Crippen molar-refractivity contribution in [1.82, 2.24) is 9.78 Å². The Morgan fingerprint density at radius 1 is 1.28 bits per heavy atom. The Balaban J connectivity index is 2.44. The Hall–Kier alpha value is -1.29. The van der Waals surface area contributed by atoms with E-state index < -0.39 is 0 Å². The van der Waals surface area contributed by atoms with Crippen molar-refractivity contribution in [2.24, 2.45) is 0 Å². The molecule has 1 aromatic carbocycles. The lowest BCUT2D eigenvalue weighted by molar-refractivity contribution is 0.429. The van der Waals surface area contributed by atoms with Crippen LogP contribution in [0.2, 0.25) is 0 Å². The van der Waals surface area contributed by atoms with Crippen LogP contribution in [0.4, 0.5) is 5.69 Å². The van der Waals surface area contributed by atoms with Gasteiger partial charge in [-0.3, -0.25) is 4.68 Å². The summed E-state index contributed by atoms with van der Waals surface area (Å²) in [6, 6.07) is 8.44. The number of aromatic nitrogens is 2.